The second-order valence-electron chi connectivity index (χ2n) is 9.27. The topological polar surface area (TPSA) is 24.9 Å². The van der Waals surface area contributed by atoms with E-state index in [0.717, 1.165) is 80.4 Å². The highest BCUT2D eigenvalue weighted by atomic mass is 16.5. The fraction of sp³-hybridized carbons (Fsp3) is 0.467. The van der Waals surface area contributed by atoms with E-state index in [4.69, 9.17) is 9.47 Å². The Bertz CT molecular complexity index is 912. The summed E-state index contributed by atoms with van der Waals surface area (Å²) >= 11 is 0. The van der Waals surface area contributed by atoms with E-state index in [9.17, 15) is 0 Å². The Labute approximate surface area is 205 Å². The number of anilines is 2. The standard InChI is InChI=1S/C30H40N2O2/c1-4-11-26(24-12-14-27(31-16-7-8-17-31)29(22-24)33-20-5-2)25-13-15-28(32-18-9-10-19-32)30(23-25)34-21-6-3/h4,11-15,22-23H,1,5-10,16-21H2,2-3H3. The summed E-state index contributed by atoms with van der Waals surface area (Å²) in [5.74, 6) is 1.96. The Morgan fingerprint density at radius 2 is 1.21 bits per heavy atom. The fourth-order valence-corrected chi connectivity index (χ4v) is 4.93. The van der Waals surface area contributed by atoms with Gasteiger partial charge in [-0.05, 0) is 79.5 Å². The van der Waals surface area contributed by atoms with Crippen molar-refractivity contribution in [2.75, 3.05) is 49.2 Å². The van der Waals surface area contributed by atoms with Crippen molar-refractivity contribution in [1.29, 1.82) is 0 Å². The molecule has 0 N–H and O–H groups in total. The number of rotatable bonds is 11. The summed E-state index contributed by atoms with van der Waals surface area (Å²) in [6.07, 6.45) is 11.0. The lowest BCUT2D eigenvalue weighted by Crippen LogP contribution is -2.19. The van der Waals surface area contributed by atoms with Crippen LogP contribution in [-0.4, -0.2) is 39.4 Å². The lowest BCUT2D eigenvalue weighted by atomic mass is 9.96. The van der Waals surface area contributed by atoms with Crippen LogP contribution in [0.5, 0.6) is 11.5 Å². The maximum Gasteiger partial charge on any atom is 0.143 e. The molecular formula is C30H40N2O2. The van der Waals surface area contributed by atoms with Crippen molar-refractivity contribution < 1.29 is 9.47 Å². The number of nitrogens with zero attached hydrogens (tertiary/aromatic N) is 2. The van der Waals surface area contributed by atoms with Crippen LogP contribution in [0.2, 0.25) is 0 Å². The highest BCUT2D eigenvalue weighted by Gasteiger charge is 2.20. The highest BCUT2D eigenvalue weighted by Crippen LogP contribution is 2.39. The highest BCUT2D eigenvalue weighted by molar-refractivity contribution is 5.84. The van der Waals surface area contributed by atoms with Crippen molar-refractivity contribution in [3.05, 3.63) is 66.3 Å². The SMILES string of the molecule is C=CC=C(c1ccc(N2CCCC2)c(OCCC)c1)c1ccc(N2CCCC2)c(OCCC)c1. The summed E-state index contributed by atoms with van der Waals surface area (Å²) in [4.78, 5) is 4.90. The third-order valence-electron chi connectivity index (χ3n) is 6.64. The number of benzene rings is 2. The number of allylic oxidation sites excluding steroid dienone is 2. The zero-order chi connectivity index (χ0) is 23.8. The second-order valence-corrected chi connectivity index (χ2v) is 9.27. The van der Waals surface area contributed by atoms with Crippen molar-refractivity contribution in [2.45, 2.75) is 52.4 Å². The molecule has 2 aliphatic rings. The van der Waals surface area contributed by atoms with Crippen molar-refractivity contribution in [1.82, 2.24) is 0 Å². The molecule has 0 radical (unpaired) electrons. The molecule has 182 valence electrons. The molecule has 2 aromatic rings. The molecule has 2 saturated heterocycles. The van der Waals surface area contributed by atoms with E-state index >= 15 is 0 Å². The predicted octanol–water partition coefficient (Wildman–Crippen LogP) is 7.08. The summed E-state index contributed by atoms with van der Waals surface area (Å²) in [6, 6.07) is 13.3. The van der Waals surface area contributed by atoms with Gasteiger partial charge in [0.2, 0.25) is 0 Å². The molecule has 0 saturated carbocycles. The molecule has 2 heterocycles. The summed E-state index contributed by atoms with van der Waals surface area (Å²) in [5, 5.41) is 0. The maximum absolute atomic E-state index is 6.24. The number of hydrogen-bond donors (Lipinski definition) is 0. The third-order valence-corrected chi connectivity index (χ3v) is 6.64. The van der Waals surface area contributed by atoms with E-state index < -0.39 is 0 Å². The molecular weight excluding hydrogens is 420 g/mol. The normalized spacial score (nSPS) is 15.5. The monoisotopic (exact) mass is 460 g/mol. The van der Waals surface area contributed by atoms with Gasteiger partial charge in [0.05, 0.1) is 24.6 Å². The molecule has 0 spiro atoms. The van der Waals surface area contributed by atoms with Crippen molar-refractivity contribution in [3.63, 3.8) is 0 Å². The lowest BCUT2D eigenvalue weighted by Gasteiger charge is -2.24. The molecule has 0 aliphatic carbocycles. The zero-order valence-corrected chi connectivity index (χ0v) is 21.0. The predicted molar refractivity (Wildman–Crippen MR) is 145 cm³/mol. The van der Waals surface area contributed by atoms with E-state index in [1.807, 2.05) is 6.08 Å². The summed E-state index contributed by atoms with van der Waals surface area (Å²) in [5.41, 5.74) is 5.85. The Morgan fingerprint density at radius 3 is 1.59 bits per heavy atom. The molecule has 34 heavy (non-hydrogen) atoms. The second kappa shape index (κ2) is 12.0. The third kappa shape index (κ3) is 5.60. The molecule has 4 nitrogen and oxygen atoms in total. The van der Waals surface area contributed by atoms with Gasteiger partial charge in [-0.15, -0.1) is 0 Å². The van der Waals surface area contributed by atoms with Crippen molar-refractivity contribution in [2.24, 2.45) is 0 Å². The quantitative estimate of drug-likeness (QED) is 0.334. The van der Waals surface area contributed by atoms with Crippen LogP contribution in [0.25, 0.3) is 5.57 Å². The number of ether oxygens (including phenoxy) is 2. The van der Waals surface area contributed by atoms with E-state index in [1.165, 1.54) is 37.1 Å². The fourth-order valence-electron chi connectivity index (χ4n) is 4.93. The number of hydrogen-bond acceptors (Lipinski definition) is 4. The van der Waals surface area contributed by atoms with Gasteiger partial charge in [-0.25, -0.2) is 0 Å². The van der Waals surface area contributed by atoms with Crippen LogP contribution < -0.4 is 19.3 Å². The molecule has 0 amide bonds. The smallest absolute Gasteiger partial charge is 0.143 e. The van der Waals surface area contributed by atoms with Gasteiger partial charge in [-0.2, -0.15) is 0 Å². The van der Waals surface area contributed by atoms with Crippen molar-refractivity contribution in [3.8, 4) is 11.5 Å². The van der Waals surface area contributed by atoms with Crippen molar-refractivity contribution >= 4 is 16.9 Å². The Morgan fingerprint density at radius 1 is 0.765 bits per heavy atom. The van der Waals surface area contributed by atoms with Crippen LogP contribution in [0.3, 0.4) is 0 Å². The molecule has 2 aliphatic heterocycles. The summed E-state index contributed by atoms with van der Waals surface area (Å²) < 4.78 is 12.5. The largest absolute Gasteiger partial charge is 0.491 e. The van der Waals surface area contributed by atoms with Gasteiger partial charge in [-0.1, -0.05) is 44.7 Å². The zero-order valence-electron chi connectivity index (χ0n) is 21.0. The van der Waals surface area contributed by atoms with E-state index in [0.29, 0.717) is 0 Å². The summed E-state index contributed by atoms with van der Waals surface area (Å²) in [6.45, 7) is 14.2. The van der Waals surface area contributed by atoms with Crippen LogP contribution >= 0.6 is 0 Å². The van der Waals surface area contributed by atoms with Gasteiger partial charge >= 0.3 is 0 Å². The molecule has 0 aromatic heterocycles. The molecule has 2 fully saturated rings. The van der Waals surface area contributed by atoms with Gasteiger partial charge in [-0.3, -0.25) is 0 Å². The van der Waals surface area contributed by atoms with E-state index in [-0.39, 0.29) is 0 Å². The Balaban J connectivity index is 1.71. The van der Waals surface area contributed by atoms with E-state index in [1.54, 1.807) is 0 Å². The van der Waals surface area contributed by atoms with Gasteiger partial charge < -0.3 is 19.3 Å². The van der Waals surface area contributed by atoms with Crippen LogP contribution in [-0.2, 0) is 0 Å². The Kier molecular flexibility index (Phi) is 8.56. The first-order valence-corrected chi connectivity index (χ1v) is 13.1. The average molecular weight is 461 g/mol. The first-order valence-electron chi connectivity index (χ1n) is 13.1. The first kappa shape index (κ1) is 24.3. The minimum absolute atomic E-state index is 0.727. The molecule has 0 atom stereocenters. The molecule has 4 rings (SSSR count). The molecule has 4 heteroatoms. The molecule has 2 aromatic carbocycles. The lowest BCUT2D eigenvalue weighted by molar-refractivity contribution is 0.318. The Hall–Kier alpha value is -2.88. The first-order chi connectivity index (χ1) is 16.7. The van der Waals surface area contributed by atoms with E-state index in [2.05, 4.69) is 72.7 Å². The van der Waals surface area contributed by atoms with Gasteiger partial charge in [0, 0.05) is 26.2 Å². The van der Waals surface area contributed by atoms with Gasteiger partial charge in [0.25, 0.3) is 0 Å². The van der Waals surface area contributed by atoms with Crippen LogP contribution in [0.15, 0.2) is 55.1 Å². The van der Waals surface area contributed by atoms with Crippen LogP contribution in [0.1, 0.15) is 63.5 Å². The van der Waals surface area contributed by atoms with Crippen LogP contribution in [0.4, 0.5) is 11.4 Å². The average Bonchev–Trinajstić information content (AvgIpc) is 3.59. The minimum atomic E-state index is 0.727. The summed E-state index contributed by atoms with van der Waals surface area (Å²) in [7, 11) is 0. The maximum atomic E-state index is 6.24. The van der Waals surface area contributed by atoms with Gasteiger partial charge in [0.1, 0.15) is 11.5 Å². The molecule has 0 unspecified atom stereocenters. The molecule has 0 bridgehead atoms. The minimum Gasteiger partial charge on any atom is -0.491 e. The van der Waals surface area contributed by atoms with Crippen LogP contribution in [0, 0.1) is 0 Å². The van der Waals surface area contributed by atoms with Gasteiger partial charge in [0.15, 0.2) is 0 Å².